The van der Waals surface area contributed by atoms with Gasteiger partial charge < -0.3 is 5.32 Å². The van der Waals surface area contributed by atoms with Crippen molar-refractivity contribution in [3.05, 3.63) is 29.8 Å². The van der Waals surface area contributed by atoms with Gasteiger partial charge in [-0.1, -0.05) is 39.0 Å². The van der Waals surface area contributed by atoms with E-state index in [-0.39, 0.29) is 0 Å². The molecule has 1 N–H and O–H groups in total. The van der Waals surface area contributed by atoms with Crippen molar-refractivity contribution in [1.29, 1.82) is 0 Å². The first-order valence-corrected chi connectivity index (χ1v) is 6.52. The van der Waals surface area contributed by atoms with Crippen molar-refractivity contribution < 1.29 is 0 Å². The zero-order valence-electron chi connectivity index (χ0n) is 10.7. The molecule has 1 unspecified atom stereocenters. The Bertz CT molecular complexity index is 339. The summed E-state index contributed by atoms with van der Waals surface area (Å²) in [5, 5.41) is 3.64. The molecule has 0 saturated heterocycles. The summed E-state index contributed by atoms with van der Waals surface area (Å²) in [7, 11) is 0. The summed E-state index contributed by atoms with van der Waals surface area (Å²) in [6, 6.07) is 9.54. The minimum atomic E-state index is 0.655. The largest absolute Gasteiger partial charge is 0.382 e. The van der Waals surface area contributed by atoms with E-state index >= 15 is 0 Å². The van der Waals surface area contributed by atoms with E-state index in [4.69, 9.17) is 0 Å². The summed E-state index contributed by atoms with van der Waals surface area (Å²) < 4.78 is 0. The van der Waals surface area contributed by atoms with Crippen LogP contribution in [0.5, 0.6) is 0 Å². The van der Waals surface area contributed by atoms with Gasteiger partial charge in [0.1, 0.15) is 0 Å². The van der Waals surface area contributed by atoms with E-state index in [9.17, 15) is 0 Å². The number of benzene rings is 1. The van der Waals surface area contributed by atoms with Crippen molar-refractivity contribution in [1.82, 2.24) is 0 Å². The number of nitrogens with one attached hydrogen (secondary N) is 1. The third-order valence-electron chi connectivity index (χ3n) is 3.25. The molecule has 1 aliphatic rings. The van der Waals surface area contributed by atoms with E-state index in [2.05, 4.69) is 50.4 Å². The Labute approximate surface area is 99.3 Å². The van der Waals surface area contributed by atoms with Crippen LogP contribution in [0.15, 0.2) is 24.3 Å². The molecule has 16 heavy (non-hydrogen) atoms. The van der Waals surface area contributed by atoms with Crippen molar-refractivity contribution in [2.75, 3.05) is 5.32 Å². The van der Waals surface area contributed by atoms with Crippen molar-refractivity contribution in [2.24, 2.45) is 5.92 Å². The SMILES string of the molecule is CC(C)CC(C)c1ccccc1NC1CC1. The molecule has 1 fully saturated rings. The molecule has 0 aliphatic heterocycles. The number of rotatable bonds is 5. The maximum Gasteiger partial charge on any atom is 0.0377 e. The Hall–Kier alpha value is -0.980. The standard InChI is InChI=1S/C15H23N/c1-11(2)10-12(3)14-6-4-5-7-15(14)16-13-8-9-13/h4-7,11-13,16H,8-10H2,1-3H3. The Balaban J connectivity index is 2.10. The van der Waals surface area contributed by atoms with Gasteiger partial charge in [-0.2, -0.15) is 0 Å². The monoisotopic (exact) mass is 217 g/mol. The molecule has 0 amide bonds. The Morgan fingerprint density at radius 3 is 2.50 bits per heavy atom. The number of para-hydroxylation sites is 1. The predicted molar refractivity (Wildman–Crippen MR) is 71.0 cm³/mol. The van der Waals surface area contributed by atoms with E-state index in [0.717, 1.165) is 12.0 Å². The molecule has 2 rings (SSSR count). The Kier molecular flexibility index (Phi) is 3.52. The first-order valence-electron chi connectivity index (χ1n) is 6.52. The average Bonchev–Trinajstić information content (AvgIpc) is 3.01. The lowest BCUT2D eigenvalue weighted by atomic mass is 9.91. The maximum absolute atomic E-state index is 3.64. The van der Waals surface area contributed by atoms with E-state index in [1.54, 1.807) is 0 Å². The molecule has 1 aromatic carbocycles. The third-order valence-corrected chi connectivity index (χ3v) is 3.25. The first kappa shape index (κ1) is 11.5. The predicted octanol–water partition coefficient (Wildman–Crippen LogP) is 4.41. The van der Waals surface area contributed by atoms with E-state index in [0.29, 0.717) is 5.92 Å². The number of hydrogen-bond acceptors (Lipinski definition) is 1. The second-order valence-electron chi connectivity index (χ2n) is 5.54. The lowest BCUT2D eigenvalue weighted by Crippen LogP contribution is -2.07. The fourth-order valence-electron chi connectivity index (χ4n) is 2.34. The highest BCUT2D eigenvalue weighted by molar-refractivity contribution is 5.54. The topological polar surface area (TPSA) is 12.0 Å². The molecular weight excluding hydrogens is 194 g/mol. The maximum atomic E-state index is 3.64. The highest BCUT2D eigenvalue weighted by Crippen LogP contribution is 2.32. The van der Waals surface area contributed by atoms with Crippen molar-refractivity contribution in [3.8, 4) is 0 Å². The second-order valence-corrected chi connectivity index (χ2v) is 5.54. The van der Waals surface area contributed by atoms with Crippen molar-refractivity contribution >= 4 is 5.69 Å². The number of anilines is 1. The zero-order chi connectivity index (χ0) is 11.5. The zero-order valence-corrected chi connectivity index (χ0v) is 10.7. The molecular formula is C15H23N. The van der Waals surface area contributed by atoms with Gasteiger partial charge in [0.2, 0.25) is 0 Å². The summed E-state index contributed by atoms with van der Waals surface area (Å²) in [5.41, 5.74) is 2.85. The molecule has 0 bridgehead atoms. The van der Waals surface area contributed by atoms with Crippen LogP contribution < -0.4 is 5.32 Å². The van der Waals surface area contributed by atoms with Crippen LogP contribution in [-0.2, 0) is 0 Å². The van der Waals surface area contributed by atoms with Gasteiger partial charge in [0.15, 0.2) is 0 Å². The van der Waals surface area contributed by atoms with Crippen LogP contribution in [0.3, 0.4) is 0 Å². The molecule has 1 aromatic rings. The van der Waals surface area contributed by atoms with E-state index < -0.39 is 0 Å². The van der Waals surface area contributed by atoms with Gasteiger partial charge in [0.05, 0.1) is 0 Å². The van der Waals surface area contributed by atoms with Gasteiger partial charge in [-0.3, -0.25) is 0 Å². The van der Waals surface area contributed by atoms with Crippen LogP contribution in [0.1, 0.15) is 51.5 Å². The van der Waals surface area contributed by atoms with E-state index in [1.807, 2.05) is 0 Å². The molecule has 1 nitrogen and oxygen atoms in total. The van der Waals surface area contributed by atoms with Gasteiger partial charge in [-0.05, 0) is 42.7 Å². The van der Waals surface area contributed by atoms with Crippen molar-refractivity contribution in [2.45, 2.75) is 52.0 Å². The average molecular weight is 217 g/mol. The summed E-state index contributed by atoms with van der Waals surface area (Å²) in [6.45, 7) is 6.94. The lowest BCUT2D eigenvalue weighted by Gasteiger charge is -2.19. The normalized spacial score (nSPS) is 17.5. The van der Waals surface area contributed by atoms with Crippen molar-refractivity contribution in [3.63, 3.8) is 0 Å². The molecule has 0 heterocycles. The molecule has 88 valence electrons. The molecule has 0 spiro atoms. The fraction of sp³-hybridized carbons (Fsp3) is 0.600. The molecule has 1 atom stereocenters. The first-order chi connectivity index (χ1) is 7.66. The Morgan fingerprint density at radius 2 is 1.88 bits per heavy atom. The van der Waals surface area contributed by atoms with Crippen LogP contribution in [0.25, 0.3) is 0 Å². The van der Waals surface area contributed by atoms with Crippen LogP contribution in [0, 0.1) is 5.92 Å². The summed E-state index contributed by atoms with van der Waals surface area (Å²) in [5.74, 6) is 1.42. The van der Waals surface area contributed by atoms with E-state index in [1.165, 1.54) is 30.5 Å². The quantitative estimate of drug-likeness (QED) is 0.770. The van der Waals surface area contributed by atoms with Gasteiger partial charge in [-0.25, -0.2) is 0 Å². The summed E-state index contributed by atoms with van der Waals surface area (Å²) >= 11 is 0. The number of hydrogen-bond donors (Lipinski definition) is 1. The highest BCUT2D eigenvalue weighted by Gasteiger charge is 2.22. The van der Waals surface area contributed by atoms with Gasteiger partial charge >= 0.3 is 0 Å². The third kappa shape index (κ3) is 3.01. The summed E-state index contributed by atoms with van der Waals surface area (Å²) in [4.78, 5) is 0. The Morgan fingerprint density at radius 1 is 1.19 bits per heavy atom. The minimum Gasteiger partial charge on any atom is -0.382 e. The summed E-state index contributed by atoms with van der Waals surface area (Å²) in [6.07, 6.45) is 3.95. The molecule has 1 saturated carbocycles. The van der Waals surface area contributed by atoms with Crippen LogP contribution >= 0.6 is 0 Å². The van der Waals surface area contributed by atoms with Crippen LogP contribution in [0.4, 0.5) is 5.69 Å². The van der Waals surface area contributed by atoms with Gasteiger partial charge in [0, 0.05) is 11.7 Å². The molecule has 1 heteroatoms. The molecule has 1 aliphatic carbocycles. The van der Waals surface area contributed by atoms with Gasteiger partial charge in [0.25, 0.3) is 0 Å². The van der Waals surface area contributed by atoms with Crippen LogP contribution in [-0.4, -0.2) is 6.04 Å². The fourth-order valence-corrected chi connectivity index (χ4v) is 2.34. The lowest BCUT2D eigenvalue weighted by molar-refractivity contribution is 0.524. The smallest absolute Gasteiger partial charge is 0.0377 e. The van der Waals surface area contributed by atoms with Gasteiger partial charge in [-0.15, -0.1) is 0 Å². The highest BCUT2D eigenvalue weighted by atomic mass is 15.0. The molecule has 0 radical (unpaired) electrons. The second kappa shape index (κ2) is 4.90. The minimum absolute atomic E-state index is 0.655. The van der Waals surface area contributed by atoms with Crippen LogP contribution in [0.2, 0.25) is 0 Å². The molecule has 0 aromatic heterocycles.